The van der Waals surface area contributed by atoms with Crippen LogP contribution in [0, 0.1) is 0 Å². The number of hydrogen-bond donors (Lipinski definition) is 1. The highest BCUT2D eigenvalue weighted by atomic mass is 79.9. The Morgan fingerprint density at radius 2 is 2.25 bits per heavy atom. The Hall–Kier alpha value is -0.840. The third-order valence-electron chi connectivity index (χ3n) is 2.26. The molecule has 84 valence electrons. The van der Waals surface area contributed by atoms with Gasteiger partial charge in [-0.15, -0.1) is 0 Å². The molecule has 3 nitrogen and oxygen atoms in total. The molecule has 1 aromatic heterocycles. The van der Waals surface area contributed by atoms with Crippen LogP contribution in [0.1, 0.15) is 5.56 Å². The molecule has 0 bridgehead atoms. The Morgan fingerprint density at radius 3 is 2.88 bits per heavy atom. The van der Waals surface area contributed by atoms with Crippen molar-refractivity contribution >= 4 is 27.5 Å². The van der Waals surface area contributed by atoms with Crippen molar-refractivity contribution in [3.8, 4) is 5.69 Å². The molecule has 0 radical (unpaired) electrons. The molecule has 0 aliphatic heterocycles. The molecule has 0 saturated heterocycles. The van der Waals surface area contributed by atoms with Crippen molar-refractivity contribution in [1.29, 1.82) is 0 Å². The number of nitrogens with zero attached hydrogens (tertiary/aromatic N) is 2. The summed E-state index contributed by atoms with van der Waals surface area (Å²) in [6.07, 6.45) is 4.39. The van der Waals surface area contributed by atoms with Crippen molar-refractivity contribution in [3.63, 3.8) is 0 Å². The first kappa shape index (κ1) is 11.6. The Labute approximate surface area is 107 Å². The number of rotatable bonds is 3. The lowest BCUT2D eigenvalue weighted by molar-refractivity contribution is 0.851. The molecule has 16 heavy (non-hydrogen) atoms. The van der Waals surface area contributed by atoms with Gasteiger partial charge < -0.3 is 5.73 Å². The van der Waals surface area contributed by atoms with E-state index in [1.807, 2.05) is 24.4 Å². The van der Waals surface area contributed by atoms with E-state index in [0.717, 1.165) is 22.1 Å². The average Bonchev–Trinajstić information content (AvgIpc) is 2.65. The van der Waals surface area contributed by atoms with Gasteiger partial charge >= 0.3 is 0 Å². The van der Waals surface area contributed by atoms with Gasteiger partial charge in [-0.25, -0.2) is 4.68 Å². The molecule has 2 rings (SSSR count). The predicted octanol–water partition coefficient (Wildman–Crippen LogP) is 2.79. The molecule has 2 aromatic rings. The molecule has 0 aliphatic rings. The first-order valence-electron chi connectivity index (χ1n) is 4.90. The van der Waals surface area contributed by atoms with E-state index in [2.05, 4.69) is 21.0 Å². The predicted molar refractivity (Wildman–Crippen MR) is 69.0 cm³/mol. The summed E-state index contributed by atoms with van der Waals surface area (Å²) >= 11 is 9.56. The molecule has 1 heterocycles. The van der Waals surface area contributed by atoms with Crippen LogP contribution in [0.5, 0.6) is 0 Å². The van der Waals surface area contributed by atoms with Crippen LogP contribution in [0.4, 0.5) is 0 Å². The summed E-state index contributed by atoms with van der Waals surface area (Å²) in [5.74, 6) is 0. The van der Waals surface area contributed by atoms with Crippen LogP contribution in [0.15, 0.2) is 35.1 Å². The summed E-state index contributed by atoms with van der Waals surface area (Å²) in [4.78, 5) is 0. The van der Waals surface area contributed by atoms with Gasteiger partial charge in [-0.05, 0) is 40.5 Å². The molecule has 2 N–H and O–H groups in total. The molecular weight excluding hydrogens is 289 g/mol. The molecular formula is C11H11BrClN3. The van der Waals surface area contributed by atoms with Gasteiger partial charge in [-0.1, -0.05) is 23.7 Å². The van der Waals surface area contributed by atoms with E-state index in [0.29, 0.717) is 11.6 Å². The van der Waals surface area contributed by atoms with Crippen LogP contribution in [-0.2, 0) is 6.42 Å². The summed E-state index contributed by atoms with van der Waals surface area (Å²) in [6.45, 7) is 0.593. The smallest absolute Gasteiger partial charge is 0.0864 e. The third kappa shape index (κ3) is 2.29. The number of para-hydroxylation sites is 1. The van der Waals surface area contributed by atoms with E-state index in [1.165, 1.54) is 0 Å². The maximum atomic E-state index is 6.19. The maximum Gasteiger partial charge on any atom is 0.0864 e. The first-order chi connectivity index (χ1) is 7.72. The third-order valence-corrected chi connectivity index (χ3v) is 2.98. The number of hydrogen-bond acceptors (Lipinski definition) is 2. The Bertz CT molecular complexity index is 496. The van der Waals surface area contributed by atoms with Gasteiger partial charge in [-0.3, -0.25) is 0 Å². The largest absolute Gasteiger partial charge is 0.330 e. The minimum Gasteiger partial charge on any atom is -0.330 e. The molecule has 0 aliphatic carbocycles. The normalized spacial score (nSPS) is 10.7. The number of halogens is 2. The standard InChI is InChI=1S/C11H11BrClN3/c12-9-6-15-16(7-9)11-8(4-5-14)2-1-3-10(11)13/h1-3,6-7H,4-5,14H2. The topological polar surface area (TPSA) is 43.8 Å². The fourth-order valence-electron chi connectivity index (χ4n) is 1.60. The number of benzene rings is 1. The minimum absolute atomic E-state index is 0.593. The fourth-order valence-corrected chi connectivity index (χ4v) is 2.16. The van der Waals surface area contributed by atoms with Crippen molar-refractivity contribution < 1.29 is 0 Å². The van der Waals surface area contributed by atoms with E-state index in [1.54, 1.807) is 10.9 Å². The van der Waals surface area contributed by atoms with Crippen LogP contribution in [-0.4, -0.2) is 16.3 Å². The number of aromatic nitrogens is 2. The zero-order valence-corrected chi connectivity index (χ0v) is 10.9. The summed E-state index contributed by atoms with van der Waals surface area (Å²) in [5.41, 5.74) is 7.59. The van der Waals surface area contributed by atoms with Gasteiger partial charge in [-0.2, -0.15) is 5.10 Å². The summed E-state index contributed by atoms with van der Waals surface area (Å²) in [5, 5.41) is 4.92. The summed E-state index contributed by atoms with van der Waals surface area (Å²) in [6, 6.07) is 5.80. The minimum atomic E-state index is 0.593. The van der Waals surface area contributed by atoms with Gasteiger partial charge in [0.25, 0.3) is 0 Å². The Kier molecular flexibility index (Phi) is 3.63. The van der Waals surface area contributed by atoms with E-state index in [4.69, 9.17) is 17.3 Å². The van der Waals surface area contributed by atoms with Crippen LogP contribution in [0.3, 0.4) is 0 Å². The molecule has 0 amide bonds. The van der Waals surface area contributed by atoms with Gasteiger partial charge in [0.15, 0.2) is 0 Å². The number of nitrogens with two attached hydrogens (primary N) is 1. The Balaban J connectivity index is 2.53. The fraction of sp³-hybridized carbons (Fsp3) is 0.182. The molecule has 5 heteroatoms. The lowest BCUT2D eigenvalue weighted by Gasteiger charge is -2.10. The van der Waals surface area contributed by atoms with E-state index in [-0.39, 0.29) is 0 Å². The van der Waals surface area contributed by atoms with Crippen LogP contribution < -0.4 is 5.73 Å². The Morgan fingerprint density at radius 1 is 1.44 bits per heavy atom. The quantitative estimate of drug-likeness (QED) is 0.947. The van der Waals surface area contributed by atoms with Crippen molar-refractivity contribution in [2.75, 3.05) is 6.54 Å². The molecule has 0 spiro atoms. The first-order valence-corrected chi connectivity index (χ1v) is 6.07. The van der Waals surface area contributed by atoms with Gasteiger partial charge in [0.2, 0.25) is 0 Å². The zero-order chi connectivity index (χ0) is 11.5. The second kappa shape index (κ2) is 4.99. The SMILES string of the molecule is NCCc1cccc(Cl)c1-n1cc(Br)cn1. The summed E-state index contributed by atoms with van der Waals surface area (Å²) in [7, 11) is 0. The lowest BCUT2D eigenvalue weighted by atomic mass is 10.1. The highest BCUT2D eigenvalue weighted by Gasteiger charge is 2.09. The van der Waals surface area contributed by atoms with E-state index in [9.17, 15) is 0 Å². The molecule has 0 saturated carbocycles. The molecule has 0 fully saturated rings. The van der Waals surface area contributed by atoms with E-state index < -0.39 is 0 Å². The second-order valence-corrected chi connectivity index (χ2v) is 4.71. The van der Waals surface area contributed by atoms with Gasteiger partial charge in [0.1, 0.15) is 0 Å². The highest BCUT2D eigenvalue weighted by molar-refractivity contribution is 9.10. The lowest BCUT2D eigenvalue weighted by Crippen LogP contribution is -2.07. The van der Waals surface area contributed by atoms with Crippen LogP contribution in [0.25, 0.3) is 5.69 Å². The average molecular weight is 301 g/mol. The van der Waals surface area contributed by atoms with Crippen molar-refractivity contribution in [2.45, 2.75) is 6.42 Å². The van der Waals surface area contributed by atoms with Crippen LogP contribution >= 0.6 is 27.5 Å². The van der Waals surface area contributed by atoms with Crippen molar-refractivity contribution in [1.82, 2.24) is 9.78 Å². The zero-order valence-electron chi connectivity index (χ0n) is 8.53. The van der Waals surface area contributed by atoms with Crippen molar-refractivity contribution in [2.24, 2.45) is 5.73 Å². The molecule has 0 unspecified atom stereocenters. The van der Waals surface area contributed by atoms with Crippen molar-refractivity contribution in [3.05, 3.63) is 45.7 Å². The van der Waals surface area contributed by atoms with Gasteiger partial charge in [0.05, 0.1) is 21.4 Å². The van der Waals surface area contributed by atoms with Crippen LogP contribution in [0.2, 0.25) is 5.02 Å². The summed E-state index contributed by atoms with van der Waals surface area (Å²) < 4.78 is 2.68. The second-order valence-electron chi connectivity index (χ2n) is 3.39. The maximum absolute atomic E-state index is 6.19. The molecule has 1 aromatic carbocycles. The monoisotopic (exact) mass is 299 g/mol. The molecule has 0 atom stereocenters. The van der Waals surface area contributed by atoms with Gasteiger partial charge in [0, 0.05) is 6.20 Å². The van der Waals surface area contributed by atoms with E-state index >= 15 is 0 Å². The highest BCUT2D eigenvalue weighted by Crippen LogP contribution is 2.25.